The molecule has 0 unspecified atom stereocenters. The Morgan fingerprint density at radius 2 is 1.96 bits per heavy atom. The zero-order valence-electron chi connectivity index (χ0n) is 15.5. The van der Waals surface area contributed by atoms with Gasteiger partial charge < -0.3 is 14.8 Å². The molecule has 6 heteroatoms. The molecule has 2 heterocycles. The van der Waals surface area contributed by atoms with E-state index in [9.17, 15) is 4.79 Å². The van der Waals surface area contributed by atoms with E-state index in [0.717, 1.165) is 29.4 Å². The van der Waals surface area contributed by atoms with Gasteiger partial charge in [-0.2, -0.15) is 0 Å². The average molecular weight is 385 g/mol. The zero-order chi connectivity index (χ0) is 18.7. The molecule has 1 aliphatic heterocycles. The van der Waals surface area contributed by atoms with Crippen molar-refractivity contribution in [1.29, 1.82) is 0 Å². The Kier molecular flexibility index (Phi) is 5.25. The molecule has 0 atom stereocenters. The number of aromatic nitrogens is 1. The maximum absolute atomic E-state index is 12.8. The SMILES string of the molecule is CSc1ncccc1C(=O)NCC1(c2ccc3c(c2)OCCO3)CCCC1. The molecule has 0 spiro atoms. The number of benzene rings is 1. The van der Waals surface area contributed by atoms with Gasteiger partial charge in [-0.05, 0) is 48.9 Å². The lowest BCUT2D eigenvalue weighted by Gasteiger charge is -2.31. The highest BCUT2D eigenvalue weighted by atomic mass is 32.2. The fraction of sp³-hybridized carbons (Fsp3) is 0.429. The molecular formula is C21H24N2O3S. The Hall–Kier alpha value is -2.21. The van der Waals surface area contributed by atoms with E-state index >= 15 is 0 Å². The fourth-order valence-corrected chi connectivity index (χ4v) is 4.61. The van der Waals surface area contributed by atoms with Crippen LogP contribution in [0.3, 0.4) is 0 Å². The number of hydrogen-bond donors (Lipinski definition) is 1. The third-order valence-corrected chi connectivity index (χ3v) is 6.22. The van der Waals surface area contributed by atoms with Crippen LogP contribution in [0.15, 0.2) is 41.6 Å². The molecular weight excluding hydrogens is 360 g/mol. The van der Waals surface area contributed by atoms with Gasteiger partial charge in [0.1, 0.15) is 18.2 Å². The van der Waals surface area contributed by atoms with E-state index in [1.807, 2.05) is 18.4 Å². The van der Waals surface area contributed by atoms with Crippen LogP contribution >= 0.6 is 11.8 Å². The summed E-state index contributed by atoms with van der Waals surface area (Å²) in [5.74, 6) is 1.56. The van der Waals surface area contributed by atoms with Gasteiger partial charge in [0.05, 0.1) is 5.56 Å². The first-order chi connectivity index (χ1) is 13.2. The van der Waals surface area contributed by atoms with Crippen LogP contribution < -0.4 is 14.8 Å². The first-order valence-electron chi connectivity index (χ1n) is 9.39. The van der Waals surface area contributed by atoms with E-state index in [4.69, 9.17) is 9.47 Å². The van der Waals surface area contributed by atoms with E-state index in [1.165, 1.54) is 30.2 Å². The molecule has 2 aromatic rings. The van der Waals surface area contributed by atoms with E-state index in [2.05, 4.69) is 22.4 Å². The molecule has 1 amide bonds. The van der Waals surface area contributed by atoms with Gasteiger partial charge in [-0.1, -0.05) is 18.9 Å². The van der Waals surface area contributed by atoms with Crippen LogP contribution in [0, 0.1) is 0 Å². The van der Waals surface area contributed by atoms with Crippen molar-refractivity contribution >= 4 is 17.7 Å². The Bertz CT molecular complexity index is 834. The van der Waals surface area contributed by atoms with Crippen LogP contribution in [0.2, 0.25) is 0 Å². The topological polar surface area (TPSA) is 60.5 Å². The van der Waals surface area contributed by atoms with Crippen LogP contribution in [-0.4, -0.2) is 36.9 Å². The third kappa shape index (κ3) is 3.63. The summed E-state index contributed by atoms with van der Waals surface area (Å²) in [6.07, 6.45) is 8.13. The number of ether oxygens (including phenoxy) is 2. The smallest absolute Gasteiger partial charge is 0.254 e. The normalized spacial score (nSPS) is 17.5. The summed E-state index contributed by atoms with van der Waals surface area (Å²) >= 11 is 1.49. The fourth-order valence-electron chi connectivity index (χ4n) is 4.06. The molecule has 1 aliphatic carbocycles. The molecule has 5 nitrogen and oxygen atoms in total. The van der Waals surface area contributed by atoms with E-state index in [1.54, 1.807) is 12.3 Å². The lowest BCUT2D eigenvalue weighted by molar-refractivity contribution is 0.0939. The van der Waals surface area contributed by atoms with Gasteiger partial charge in [-0.15, -0.1) is 11.8 Å². The van der Waals surface area contributed by atoms with Crippen molar-refractivity contribution in [2.75, 3.05) is 26.0 Å². The Balaban J connectivity index is 1.55. The third-order valence-electron chi connectivity index (χ3n) is 5.51. The minimum Gasteiger partial charge on any atom is -0.486 e. The van der Waals surface area contributed by atoms with Gasteiger partial charge in [0.2, 0.25) is 0 Å². The largest absolute Gasteiger partial charge is 0.486 e. The summed E-state index contributed by atoms with van der Waals surface area (Å²) in [6.45, 7) is 1.79. The molecule has 27 heavy (non-hydrogen) atoms. The van der Waals surface area contributed by atoms with Gasteiger partial charge >= 0.3 is 0 Å². The summed E-state index contributed by atoms with van der Waals surface area (Å²) in [5.41, 5.74) is 1.81. The number of nitrogens with one attached hydrogen (secondary N) is 1. The minimum atomic E-state index is -0.0590. The van der Waals surface area contributed by atoms with Crippen LogP contribution in [0.5, 0.6) is 11.5 Å². The van der Waals surface area contributed by atoms with Crippen molar-refractivity contribution in [3.05, 3.63) is 47.7 Å². The lowest BCUT2D eigenvalue weighted by atomic mass is 9.78. The maximum atomic E-state index is 12.8. The van der Waals surface area contributed by atoms with Crippen LogP contribution in [0.25, 0.3) is 0 Å². The van der Waals surface area contributed by atoms with Crippen molar-refractivity contribution in [3.63, 3.8) is 0 Å². The highest BCUT2D eigenvalue weighted by molar-refractivity contribution is 7.98. The minimum absolute atomic E-state index is 0.0484. The molecule has 142 valence electrons. The molecule has 0 bridgehead atoms. The van der Waals surface area contributed by atoms with Crippen molar-refractivity contribution in [1.82, 2.24) is 10.3 Å². The second-order valence-electron chi connectivity index (χ2n) is 7.09. The number of fused-ring (bicyclic) bond motifs is 1. The number of rotatable bonds is 5. The van der Waals surface area contributed by atoms with Crippen molar-refractivity contribution in [2.45, 2.75) is 36.1 Å². The van der Waals surface area contributed by atoms with E-state index in [0.29, 0.717) is 25.3 Å². The van der Waals surface area contributed by atoms with E-state index in [-0.39, 0.29) is 11.3 Å². The molecule has 1 aromatic heterocycles. The standard InChI is InChI=1S/C21H24N2O3S/c1-27-20-16(5-4-10-22-20)19(24)23-14-21(8-2-3-9-21)15-6-7-17-18(13-15)26-12-11-25-17/h4-7,10,13H,2-3,8-9,11-12,14H2,1H3,(H,23,24). The molecule has 1 saturated carbocycles. The number of thioether (sulfide) groups is 1. The van der Waals surface area contributed by atoms with Crippen LogP contribution in [0.1, 0.15) is 41.6 Å². The van der Waals surface area contributed by atoms with Gasteiger partial charge in [0, 0.05) is 18.2 Å². The van der Waals surface area contributed by atoms with Gasteiger partial charge in [0.15, 0.2) is 11.5 Å². The molecule has 0 saturated heterocycles. The van der Waals surface area contributed by atoms with Gasteiger partial charge in [0.25, 0.3) is 5.91 Å². The second-order valence-corrected chi connectivity index (χ2v) is 7.88. The predicted molar refractivity (Wildman–Crippen MR) is 106 cm³/mol. The van der Waals surface area contributed by atoms with Crippen molar-refractivity contribution in [3.8, 4) is 11.5 Å². The summed E-state index contributed by atoms with van der Waals surface area (Å²) in [6, 6.07) is 9.87. The average Bonchev–Trinajstić information content (AvgIpc) is 3.22. The summed E-state index contributed by atoms with van der Waals surface area (Å²) in [7, 11) is 0. The molecule has 1 fully saturated rings. The van der Waals surface area contributed by atoms with Crippen molar-refractivity contribution in [2.24, 2.45) is 0 Å². The molecule has 0 radical (unpaired) electrons. The molecule has 1 aromatic carbocycles. The molecule has 1 N–H and O–H groups in total. The number of amides is 1. The number of nitrogens with zero attached hydrogens (tertiary/aromatic N) is 1. The maximum Gasteiger partial charge on any atom is 0.254 e. The highest BCUT2D eigenvalue weighted by Gasteiger charge is 2.37. The molecule has 2 aliphatic rings. The quantitative estimate of drug-likeness (QED) is 0.794. The van der Waals surface area contributed by atoms with Crippen LogP contribution in [0.4, 0.5) is 0 Å². The lowest BCUT2D eigenvalue weighted by Crippen LogP contribution is -2.39. The Morgan fingerprint density at radius 1 is 1.19 bits per heavy atom. The summed E-state index contributed by atoms with van der Waals surface area (Å²) in [4.78, 5) is 17.1. The number of hydrogen-bond acceptors (Lipinski definition) is 5. The monoisotopic (exact) mass is 384 g/mol. The Labute approximate surface area is 163 Å². The first kappa shape index (κ1) is 18.2. The number of pyridine rings is 1. The van der Waals surface area contributed by atoms with Crippen LogP contribution in [-0.2, 0) is 5.41 Å². The highest BCUT2D eigenvalue weighted by Crippen LogP contribution is 2.43. The first-order valence-corrected chi connectivity index (χ1v) is 10.6. The Morgan fingerprint density at radius 3 is 2.74 bits per heavy atom. The number of carbonyl (C=O) groups is 1. The molecule has 4 rings (SSSR count). The van der Waals surface area contributed by atoms with Gasteiger partial charge in [-0.25, -0.2) is 4.98 Å². The summed E-state index contributed by atoms with van der Waals surface area (Å²) < 4.78 is 11.4. The second kappa shape index (κ2) is 7.80. The summed E-state index contributed by atoms with van der Waals surface area (Å²) in [5, 5.41) is 3.93. The van der Waals surface area contributed by atoms with Gasteiger partial charge in [-0.3, -0.25) is 4.79 Å². The zero-order valence-corrected chi connectivity index (χ0v) is 16.3. The predicted octanol–water partition coefficient (Wildman–Crippen LogP) is 3.82. The van der Waals surface area contributed by atoms with E-state index < -0.39 is 0 Å². The number of carbonyl (C=O) groups excluding carboxylic acids is 1. The van der Waals surface area contributed by atoms with Crippen molar-refractivity contribution < 1.29 is 14.3 Å².